The van der Waals surface area contributed by atoms with Crippen molar-refractivity contribution in [3.63, 3.8) is 0 Å². The Morgan fingerprint density at radius 3 is 2.25 bits per heavy atom. The lowest BCUT2D eigenvalue weighted by molar-refractivity contribution is 0.619. The van der Waals surface area contributed by atoms with E-state index < -0.39 is 0 Å². The monoisotopic (exact) mass is 169 g/mol. The summed E-state index contributed by atoms with van der Waals surface area (Å²) in [7, 11) is 1.78. The Balaban J connectivity index is 0.000000561. The van der Waals surface area contributed by atoms with Crippen molar-refractivity contribution in [3.8, 4) is 0 Å². The molecule has 0 aliphatic carbocycles. The van der Waals surface area contributed by atoms with Gasteiger partial charge >= 0.3 is 0 Å². The SMILES string of the molecule is CC.CNc1cccc(F)c1C. The van der Waals surface area contributed by atoms with Crippen LogP contribution in [0.4, 0.5) is 10.1 Å². The Morgan fingerprint density at radius 1 is 1.25 bits per heavy atom. The largest absolute Gasteiger partial charge is 0.388 e. The van der Waals surface area contributed by atoms with Crippen LogP contribution in [0.25, 0.3) is 0 Å². The molecule has 2 heteroatoms. The highest BCUT2D eigenvalue weighted by molar-refractivity contribution is 5.50. The van der Waals surface area contributed by atoms with Gasteiger partial charge in [-0.05, 0) is 19.1 Å². The summed E-state index contributed by atoms with van der Waals surface area (Å²) in [6, 6.07) is 4.99. The minimum absolute atomic E-state index is 0.160. The van der Waals surface area contributed by atoms with E-state index in [4.69, 9.17) is 0 Å². The summed E-state index contributed by atoms with van der Waals surface area (Å²) in [5.41, 5.74) is 1.52. The van der Waals surface area contributed by atoms with Crippen LogP contribution in [-0.4, -0.2) is 7.05 Å². The van der Waals surface area contributed by atoms with E-state index in [9.17, 15) is 4.39 Å². The third-order valence-corrected chi connectivity index (χ3v) is 1.54. The second-order valence-corrected chi connectivity index (χ2v) is 2.16. The molecule has 1 aromatic rings. The van der Waals surface area contributed by atoms with Crippen LogP contribution in [-0.2, 0) is 0 Å². The molecule has 1 aromatic carbocycles. The van der Waals surface area contributed by atoms with Crippen molar-refractivity contribution in [1.29, 1.82) is 0 Å². The van der Waals surface area contributed by atoms with Crippen LogP contribution >= 0.6 is 0 Å². The normalized spacial score (nSPS) is 8.42. The van der Waals surface area contributed by atoms with Gasteiger partial charge < -0.3 is 5.32 Å². The third kappa shape index (κ3) is 2.53. The van der Waals surface area contributed by atoms with Gasteiger partial charge in [-0.1, -0.05) is 19.9 Å². The van der Waals surface area contributed by atoms with E-state index in [1.807, 2.05) is 19.9 Å². The van der Waals surface area contributed by atoms with Crippen molar-refractivity contribution in [1.82, 2.24) is 0 Å². The van der Waals surface area contributed by atoms with Crippen molar-refractivity contribution >= 4 is 5.69 Å². The van der Waals surface area contributed by atoms with Crippen molar-refractivity contribution < 1.29 is 4.39 Å². The Labute approximate surface area is 73.6 Å². The number of halogens is 1. The van der Waals surface area contributed by atoms with Crippen LogP contribution in [0.15, 0.2) is 18.2 Å². The maximum Gasteiger partial charge on any atom is 0.128 e. The first-order chi connectivity index (χ1) is 5.75. The van der Waals surface area contributed by atoms with E-state index in [-0.39, 0.29) is 5.82 Å². The quantitative estimate of drug-likeness (QED) is 0.680. The average molecular weight is 169 g/mol. The molecule has 0 heterocycles. The van der Waals surface area contributed by atoms with Crippen LogP contribution in [0.5, 0.6) is 0 Å². The minimum Gasteiger partial charge on any atom is -0.388 e. The molecule has 0 atom stereocenters. The van der Waals surface area contributed by atoms with Gasteiger partial charge in [-0.15, -0.1) is 0 Å². The molecule has 0 saturated carbocycles. The lowest BCUT2D eigenvalue weighted by atomic mass is 10.2. The van der Waals surface area contributed by atoms with Gasteiger partial charge in [-0.25, -0.2) is 4.39 Å². The summed E-state index contributed by atoms with van der Waals surface area (Å²) in [4.78, 5) is 0. The number of hydrogen-bond acceptors (Lipinski definition) is 1. The predicted molar refractivity (Wildman–Crippen MR) is 52.0 cm³/mol. The van der Waals surface area contributed by atoms with E-state index in [1.54, 1.807) is 20.0 Å². The zero-order valence-corrected chi connectivity index (χ0v) is 8.11. The summed E-state index contributed by atoms with van der Waals surface area (Å²) >= 11 is 0. The molecule has 0 aromatic heterocycles. The Bertz CT molecular complexity index is 233. The van der Waals surface area contributed by atoms with Gasteiger partial charge in [-0.3, -0.25) is 0 Å². The van der Waals surface area contributed by atoms with Crippen LogP contribution < -0.4 is 5.32 Å². The summed E-state index contributed by atoms with van der Waals surface area (Å²) in [6.45, 7) is 5.75. The molecule has 0 saturated heterocycles. The Kier molecular flexibility index (Phi) is 5.09. The second-order valence-electron chi connectivity index (χ2n) is 2.16. The molecule has 0 unspecified atom stereocenters. The zero-order chi connectivity index (χ0) is 9.56. The third-order valence-electron chi connectivity index (χ3n) is 1.54. The first kappa shape index (κ1) is 11.0. The van der Waals surface area contributed by atoms with Gasteiger partial charge in [0, 0.05) is 18.3 Å². The van der Waals surface area contributed by atoms with Gasteiger partial charge in [-0.2, -0.15) is 0 Å². The van der Waals surface area contributed by atoms with Gasteiger partial charge in [0.25, 0.3) is 0 Å². The molecule has 0 aliphatic heterocycles. The molecule has 1 nitrogen and oxygen atoms in total. The minimum atomic E-state index is -0.160. The molecule has 0 radical (unpaired) electrons. The van der Waals surface area contributed by atoms with Crippen molar-refractivity contribution in [3.05, 3.63) is 29.6 Å². The van der Waals surface area contributed by atoms with Crippen LogP contribution in [0, 0.1) is 12.7 Å². The van der Waals surface area contributed by atoms with E-state index in [0.717, 1.165) is 5.69 Å². The fraction of sp³-hybridized carbons (Fsp3) is 0.400. The standard InChI is InChI=1S/C8H10FN.C2H6/c1-6-7(9)4-3-5-8(6)10-2;1-2/h3-5,10H,1-2H3;1-2H3. The number of rotatable bonds is 1. The first-order valence-electron chi connectivity index (χ1n) is 4.18. The highest BCUT2D eigenvalue weighted by Crippen LogP contribution is 2.15. The first-order valence-corrected chi connectivity index (χ1v) is 4.18. The number of anilines is 1. The molecule has 0 aliphatic rings. The van der Waals surface area contributed by atoms with Crippen LogP contribution in [0.2, 0.25) is 0 Å². The number of nitrogens with one attached hydrogen (secondary N) is 1. The van der Waals surface area contributed by atoms with E-state index in [0.29, 0.717) is 5.56 Å². The lowest BCUT2D eigenvalue weighted by Gasteiger charge is -2.03. The fourth-order valence-corrected chi connectivity index (χ4v) is 0.878. The predicted octanol–water partition coefficient (Wildman–Crippen LogP) is 3.20. The van der Waals surface area contributed by atoms with Gasteiger partial charge in [0.1, 0.15) is 5.82 Å². The second kappa shape index (κ2) is 5.58. The van der Waals surface area contributed by atoms with Crippen LogP contribution in [0.1, 0.15) is 19.4 Å². The van der Waals surface area contributed by atoms with E-state index in [1.165, 1.54) is 6.07 Å². The van der Waals surface area contributed by atoms with E-state index in [2.05, 4.69) is 5.32 Å². The highest BCUT2D eigenvalue weighted by Gasteiger charge is 1.98. The summed E-state index contributed by atoms with van der Waals surface area (Å²) in [6.07, 6.45) is 0. The molecule has 12 heavy (non-hydrogen) atoms. The maximum absolute atomic E-state index is 12.7. The van der Waals surface area contributed by atoms with Gasteiger partial charge in [0.15, 0.2) is 0 Å². The van der Waals surface area contributed by atoms with Gasteiger partial charge in [0.05, 0.1) is 0 Å². The molecule has 0 fully saturated rings. The molecular formula is C10H16FN. The fourth-order valence-electron chi connectivity index (χ4n) is 0.878. The molecule has 1 rings (SSSR count). The van der Waals surface area contributed by atoms with Crippen molar-refractivity contribution in [2.45, 2.75) is 20.8 Å². The number of hydrogen-bond donors (Lipinski definition) is 1. The molecule has 0 amide bonds. The smallest absolute Gasteiger partial charge is 0.128 e. The molecular weight excluding hydrogens is 153 g/mol. The maximum atomic E-state index is 12.7. The summed E-state index contributed by atoms with van der Waals surface area (Å²) < 4.78 is 12.7. The highest BCUT2D eigenvalue weighted by atomic mass is 19.1. The lowest BCUT2D eigenvalue weighted by Crippen LogP contribution is -1.92. The van der Waals surface area contributed by atoms with Gasteiger partial charge in [0.2, 0.25) is 0 Å². The molecule has 0 spiro atoms. The molecule has 68 valence electrons. The van der Waals surface area contributed by atoms with Crippen molar-refractivity contribution in [2.24, 2.45) is 0 Å². The van der Waals surface area contributed by atoms with E-state index >= 15 is 0 Å². The number of benzene rings is 1. The molecule has 0 bridgehead atoms. The summed E-state index contributed by atoms with van der Waals surface area (Å²) in [5, 5.41) is 2.90. The summed E-state index contributed by atoms with van der Waals surface area (Å²) in [5.74, 6) is -0.160. The molecule has 1 N–H and O–H groups in total. The zero-order valence-electron chi connectivity index (χ0n) is 8.11. The average Bonchev–Trinajstić information content (AvgIpc) is 2.13. The Morgan fingerprint density at radius 2 is 1.83 bits per heavy atom. The van der Waals surface area contributed by atoms with Crippen molar-refractivity contribution in [2.75, 3.05) is 12.4 Å². The van der Waals surface area contributed by atoms with Crippen LogP contribution in [0.3, 0.4) is 0 Å². The Hall–Kier alpha value is -1.05. The topological polar surface area (TPSA) is 12.0 Å².